The molecule has 5 nitrogen and oxygen atoms in total. The fourth-order valence-corrected chi connectivity index (χ4v) is 3.06. The Kier molecular flexibility index (Phi) is 6.09. The summed E-state index contributed by atoms with van der Waals surface area (Å²) in [6, 6.07) is 12.8. The van der Waals surface area contributed by atoms with E-state index >= 15 is 0 Å². The average molecular weight is 389 g/mol. The summed E-state index contributed by atoms with van der Waals surface area (Å²) in [5.41, 5.74) is 1.53. The predicted molar refractivity (Wildman–Crippen MR) is 102 cm³/mol. The van der Waals surface area contributed by atoms with Crippen LogP contribution in [-0.2, 0) is 11.3 Å². The first-order chi connectivity index (χ1) is 12.6. The molecule has 0 atom stereocenters. The van der Waals surface area contributed by atoms with Gasteiger partial charge in [-0.05, 0) is 47.8 Å². The van der Waals surface area contributed by atoms with Gasteiger partial charge in [-0.15, -0.1) is 0 Å². The summed E-state index contributed by atoms with van der Waals surface area (Å²) in [4.78, 5) is 23.6. The highest BCUT2D eigenvalue weighted by Gasteiger charge is 2.09. The molecule has 134 valence electrons. The fraction of sp³-hybridized carbons (Fsp3) is 0.158. The largest absolute Gasteiger partial charge is 0.459 e. The van der Waals surface area contributed by atoms with Crippen LogP contribution in [0.3, 0.4) is 0 Å². The van der Waals surface area contributed by atoms with Crippen molar-refractivity contribution in [3.05, 3.63) is 69.6 Å². The summed E-state index contributed by atoms with van der Waals surface area (Å²) in [6.07, 6.45) is 0.209. The molecule has 26 heavy (non-hydrogen) atoms. The summed E-state index contributed by atoms with van der Waals surface area (Å²) < 4.78 is 5.73. The molecule has 0 aliphatic heterocycles. The summed E-state index contributed by atoms with van der Waals surface area (Å²) in [7, 11) is 0. The smallest absolute Gasteiger partial charge is 0.252 e. The van der Waals surface area contributed by atoms with Gasteiger partial charge in [-0.3, -0.25) is 9.59 Å². The van der Waals surface area contributed by atoms with Gasteiger partial charge >= 0.3 is 0 Å². The lowest BCUT2D eigenvalue weighted by atomic mass is 10.2. The quantitative estimate of drug-likeness (QED) is 0.640. The molecule has 2 amide bonds. The van der Waals surface area contributed by atoms with Crippen molar-refractivity contribution < 1.29 is 14.0 Å². The van der Waals surface area contributed by atoms with Gasteiger partial charge in [0.25, 0.3) is 5.91 Å². The number of hydrogen-bond acceptors (Lipinski definition) is 4. The van der Waals surface area contributed by atoms with Gasteiger partial charge in [0.2, 0.25) is 5.91 Å². The number of rotatable bonds is 7. The Bertz CT molecular complexity index is 873. The van der Waals surface area contributed by atoms with Gasteiger partial charge in [0.1, 0.15) is 11.5 Å². The first kappa shape index (κ1) is 18.2. The fourth-order valence-electron chi connectivity index (χ4n) is 2.30. The van der Waals surface area contributed by atoms with Crippen molar-refractivity contribution in [3.8, 4) is 11.3 Å². The molecule has 2 aromatic heterocycles. The van der Waals surface area contributed by atoms with Gasteiger partial charge < -0.3 is 15.1 Å². The molecule has 0 saturated carbocycles. The Balaban J connectivity index is 1.42. The summed E-state index contributed by atoms with van der Waals surface area (Å²) in [6.45, 7) is 0.583. The van der Waals surface area contributed by atoms with Crippen molar-refractivity contribution in [2.75, 3.05) is 6.54 Å². The molecule has 2 heterocycles. The van der Waals surface area contributed by atoms with Crippen LogP contribution in [-0.4, -0.2) is 18.4 Å². The molecule has 7 heteroatoms. The Hall–Kier alpha value is -2.57. The van der Waals surface area contributed by atoms with E-state index in [4.69, 9.17) is 16.0 Å². The third-order valence-electron chi connectivity index (χ3n) is 3.67. The normalized spacial score (nSPS) is 10.5. The second-order valence-electron chi connectivity index (χ2n) is 5.57. The van der Waals surface area contributed by atoms with Gasteiger partial charge in [-0.1, -0.05) is 11.6 Å². The molecule has 0 fully saturated rings. The van der Waals surface area contributed by atoms with Crippen LogP contribution in [0.15, 0.2) is 57.6 Å². The van der Waals surface area contributed by atoms with Gasteiger partial charge in [0, 0.05) is 34.5 Å². The SMILES string of the molecule is O=C(CCNC(=O)c1ccsc1)NCc1ccc(-c2ccc(Cl)cc2)o1. The summed E-state index contributed by atoms with van der Waals surface area (Å²) in [5.74, 6) is 1.05. The number of nitrogens with one attached hydrogen (secondary N) is 2. The molecule has 2 N–H and O–H groups in total. The molecule has 0 bridgehead atoms. The lowest BCUT2D eigenvalue weighted by Gasteiger charge is -2.05. The van der Waals surface area contributed by atoms with E-state index in [0.717, 1.165) is 5.56 Å². The van der Waals surface area contributed by atoms with Crippen molar-refractivity contribution in [1.29, 1.82) is 0 Å². The molecule has 0 unspecified atom stereocenters. The van der Waals surface area contributed by atoms with Crippen molar-refractivity contribution in [2.45, 2.75) is 13.0 Å². The zero-order chi connectivity index (χ0) is 18.4. The van der Waals surface area contributed by atoms with E-state index in [-0.39, 0.29) is 24.8 Å². The molecule has 0 spiro atoms. The molecule has 0 saturated heterocycles. The third kappa shape index (κ3) is 4.97. The van der Waals surface area contributed by atoms with E-state index in [1.165, 1.54) is 11.3 Å². The Labute approximate surface area is 160 Å². The number of benzene rings is 1. The van der Waals surface area contributed by atoms with E-state index in [1.54, 1.807) is 23.6 Å². The maximum absolute atomic E-state index is 11.9. The minimum absolute atomic E-state index is 0.153. The summed E-state index contributed by atoms with van der Waals surface area (Å²) >= 11 is 7.33. The molecule has 3 rings (SSSR count). The lowest BCUT2D eigenvalue weighted by molar-refractivity contribution is -0.121. The van der Waals surface area contributed by atoms with E-state index in [2.05, 4.69) is 10.6 Å². The van der Waals surface area contributed by atoms with Crippen LogP contribution in [0.4, 0.5) is 0 Å². The minimum Gasteiger partial charge on any atom is -0.459 e. The molecule has 1 aromatic carbocycles. The van der Waals surface area contributed by atoms with Crippen molar-refractivity contribution in [1.82, 2.24) is 10.6 Å². The Morgan fingerprint density at radius 3 is 2.58 bits per heavy atom. The van der Waals surface area contributed by atoms with Crippen LogP contribution < -0.4 is 10.6 Å². The van der Waals surface area contributed by atoms with Crippen molar-refractivity contribution >= 4 is 34.8 Å². The van der Waals surface area contributed by atoms with E-state index in [9.17, 15) is 9.59 Å². The predicted octanol–water partition coefficient (Wildman–Crippen LogP) is 4.10. The zero-order valence-electron chi connectivity index (χ0n) is 13.8. The topological polar surface area (TPSA) is 71.3 Å². The second kappa shape index (κ2) is 8.69. The maximum atomic E-state index is 11.9. The van der Waals surface area contributed by atoms with Crippen molar-refractivity contribution in [2.24, 2.45) is 0 Å². The first-order valence-corrected chi connectivity index (χ1v) is 9.35. The van der Waals surface area contributed by atoms with Crippen LogP contribution in [0.1, 0.15) is 22.5 Å². The molecular formula is C19H17ClN2O3S. The molecular weight excluding hydrogens is 372 g/mol. The maximum Gasteiger partial charge on any atom is 0.252 e. The van der Waals surface area contributed by atoms with Gasteiger partial charge in [0.05, 0.1) is 6.54 Å². The van der Waals surface area contributed by atoms with Crippen molar-refractivity contribution in [3.63, 3.8) is 0 Å². The molecule has 0 radical (unpaired) electrons. The number of carbonyl (C=O) groups is 2. The average Bonchev–Trinajstić information content (AvgIpc) is 3.32. The molecule has 0 aliphatic rings. The highest BCUT2D eigenvalue weighted by atomic mass is 35.5. The monoisotopic (exact) mass is 388 g/mol. The highest BCUT2D eigenvalue weighted by Crippen LogP contribution is 2.23. The van der Waals surface area contributed by atoms with Gasteiger partial charge in [0.15, 0.2) is 0 Å². The van der Waals surface area contributed by atoms with E-state index in [0.29, 0.717) is 28.7 Å². The lowest BCUT2D eigenvalue weighted by Crippen LogP contribution is -2.30. The Morgan fingerprint density at radius 2 is 1.85 bits per heavy atom. The number of halogens is 1. The number of furan rings is 1. The third-order valence-corrected chi connectivity index (χ3v) is 4.61. The minimum atomic E-state index is -0.169. The van der Waals surface area contributed by atoms with E-state index in [1.807, 2.05) is 29.6 Å². The highest BCUT2D eigenvalue weighted by molar-refractivity contribution is 7.08. The van der Waals surface area contributed by atoms with Crippen LogP contribution in [0.2, 0.25) is 5.02 Å². The summed E-state index contributed by atoms with van der Waals surface area (Å²) in [5, 5.41) is 9.77. The molecule has 3 aromatic rings. The first-order valence-electron chi connectivity index (χ1n) is 8.03. The van der Waals surface area contributed by atoms with Crippen LogP contribution in [0.5, 0.6) is 0 Å². The standard InChI is InChI=1S/C19H17ClN2O3S/c20-15-3-1-13(2-4-15)17-6-5-16(25-17)11-22-18(23)7-9-21-19(24)14-8-10-26-12-14/h1-6,8,10,12H,7,9,11H2,(H,21,24)(H,22,23). The second-order valence-corrected chi connectivity index (χ2v) is 6.78. The number of amides is 2. The number of thiophene rings is 1. The van der Waals surface area contributed by atoms with Gasteiger partial charge in [-0.25, -0.2) is 0 Å². The van der Waals surface area contributed by atoms with Gasteiger partial charge in [-0.2, -0.15) is 11.3 Å². The van der Waals surface area contributed by atoms with Crippen LogP contribution in [0.25, 0.3) is 11.3 Å². The zero-order valence-corrected chi connectivity index (χ0v) is 15.4. The van der Waals surface area contributed by atoms with E-state index < -0.39 is 0 Å². The Morgan fingerprint density at radius 1 is 1.04 bits per heavy atom. The number of hydrogen-bond donors (Lipinski definition) is 2. The van der Waals surface area contributed by atoms with Crippen LogP contribution in [0, 0.1) is 0 Å². The van der Waals surface area contributed by atoms with Crippen LogP contribution >= 0.6 is 22.9 Å². The molecule has 0 aliphatic carbocycles. The number of carbonyl (C=O) groups excluding carboxylic acids is 2.